The van der Waals surface area contributed by atoms with Crippen LogP contribution in [0.1, 0.15) is 30.2 Å². The van der Waals surface area contributed by atoms with Crippen molar-refractivity contribution in [3.8, 4) is 0 Å². The predicted molar refractivity (Wildman–Crippen MR) is 63.5 cm³/mol. The molecule has 1 fully saturated rings. The Morgan fingerprint density at radius 2 is 2.24 bits per heavy atom. The van der Waals surface area contributed by atoms with Crippen LogP contribution < -0.4 is 5.32 Å². The van der Waals surface area contributed by atoms with Crippen molar-refractivity contribution in [2.75, 3.05) is 13.6 Å². The number of oxazole rings is 1. The molecule has 1 heterocycles. The van der Waals surface area contributed by atoms with Gasteiger partial charge in [-0.25, -0.2) is 4.98 Å². The van der Waals surface area contributed by atoms with Crippen molar-refractivity contribution in [3.05, 3.63) is 17.3 Å². The van der Waals surface area contributed by atoms with Gasteiger partial charge in [0.25, 0.3) is 0 Å². The van der Waals surface area contributed by atoms with E-state index in [1.54, 1.807) is 0 Å². The fourth-order valence-corrected chi connectivity index (χ4v) is 1.68. The summed E-state index contributed by atoms with van der Waals surface area (Å²) in [6.07, 6.45) is 2.28. The van der Waals surface area contributed by atoms with Crippen LogP contribution in [0.5, 0.6) is 0 Å². The third kappa shape index (κ3) is 3.06. The van der Waals surface area contributed by atoms with Crippen LogP contribution >= 0.6 is 0 Å². The number of aromatic nitrogens is 1. The summed E-state index contributed by atoms with van der Waals surface area (Å²) in [7, 11) is 1.86. The van der Waals surface area contributed by atoms with Crippen LogP contribution in [0, 0.1) is 13.8 Å². The fourth-order valence-electron chi connectivity index (χ4n) is 1.68. The second kappa shape index (κ2) is 4.87. The van der Waals surface area contributed by atoms with E-state index in [2.05, 4.69) is 10.3 Å². The van der Waals surface area contributed by atoms with Crippen molar-refractivity contribution in [1.29, 1.82) is 0 Å². The maximum atomic E-state index is 11.7. The number of aryl methyl sites for hydroxylation is 2. The fraction of sp³-hybridized carbons (Fsp3) is 0.667. The van der Waals surface area contributed by atoms with Gasteiger partial charge in [-0.1, -0.05) is 0 Å². The molecule has 94 valence electrons. The van der Waals surface area contributed by atoms with E-state index in [0.717, 1.165) is 24.3 Å². The van der Waals surface area contributed by atoms with Gasteiger partial charge in [0.15, 0.2) is 0 Å². The molecule has 1 saturated carbocycles. The first-order valence-corrected chi connectivity index (χ1v) is 5.97. The molecule has 5 heteroatoms. The average Bonchev–Trinajstić information content (AvgIpc) is 3.06. The van der Waals surface area contributed by atoms with E-state index < -0.39 is 0 Å². The molecule has 1 aromatic heterocycles. The van der Waals surface area contributed by atoms with Crippen LogP contribution in [0.2, 0.25) is 0 Å². The molecule has 1 aliphatic rings. The van der Waals surface area contributed by atoms with Crippen LogP contribution in [-0.2, 0) is 11.3 Å². The maximum absolute atomic E-state index is 11.7. The Hall–Kier alpha value is -1.36. The summed E-state index contributed by atoms with van der Waals surface area (Å²) >= 11 is 0. The second-order valence-electron chi connectivity index (χ2n) is 4.59. The van der Waals surface area contributed by atoms with Gasteiger partial charge >= 0.3 is 0 Å². The summed E-state index contributed by atoms with van der Waals surface area (Å²) in [5.74, 6) is 1.61. The highest BCUT2D eigenvalue weighted by molar-refractivity contribution is 5.78. The Kier molecular flexibility index (Phi) is 3.47. The van der Waals surface area contributed by atoms with Crippen molar-refractivity contribution in [2.24, 2.45) is 0 Å². The third-order valence-electron chi connectivity index (χ3n) is 3.11. The van der Waals surface area contributed by atoms with Gasteiger partial charge < -0.3 is 9.32 Å². The molecule has 0 spiro atoms. The molecule has 1 amide bonds. The molecular formula is C12H19N3O2. The minimum Gasteiger partial charge on any atom is -0.444 e. The molecule has 0 atom stereocenters. The lowest BCUT2D eigenvalue weighted by Gasteiger charge is -2.15. The van der Waals surface area contributed by atoms with E-state index in [0.29, 0.717) is 25.0 Å². The molecule has 0 saturated heterocycles. The lowest BCUT2D eigenvalue weighted by atomic mass is 10.4. The summed E-state index contributed by atoms with van der Waals surface area (Å²) in [4.78, 5) is 17.8. The van der Waals surface area contributed by atoms with Gasteiger partial charge in [-0.2, -0.15) is 0 Å². The first-order chi connectivity index (χ1) is 8.08. The number of carbonyl (C=O) groups excluding carboxylic acids is 1. The molecule has 0 radical (unpaired) electrons. The van der Waals surface area contributed by atoms with E-state index in [1.165, 1.54) is 0 Å². The smallest absolute Gasteiger partial charge is 0.236 e. The topological polar surface area (TPSA) is 58.4 Å². The Labute approximate surface area is 101 Å². The normalized spacial score (nSPS) is 15.0. The van der Waals surface area contributed by atoms with Gasteiger partial charge in [-0.15, -0.1) is 0 Å². The molecule has 0 unspecified atom stereocenters. The molecule has 17 heavy (non-hydrogen) atoms. The number of likely N-dealkylation sites (N-methyl/N-ethyl adjacent to an activating group) is 1. The molecule has 5 nitrogen and oxygen atoms in total. The SMILES string of the molecule is Cc1nc(CNCC(=O)N(C)C2CC2)oc1C. The lowest BCUT2D eigenvalue weighted by molar-refractivity contribution is -0.129. The van der Waals surface area contributed by atoms with E-state index in [1.807, 2.05) is 25.8 Å². The number of amides is 1. The summed E-state index contributed by atoms with van der Waals surface area (Å²) < 4.78 is 5.42. The van der Waals surface area contributed by atoms with Gasteiger partial charge in [-0.05, 0) is 26.7 Å². The Morgan fingerprint density at radius 3 is 2.76 bits per heavy atom. The molecule has 2 rings (SSSR count). The van der Waals surface area contributed by atoms with Crippen molar-refractivity contribution >= 4 is 5.91 Å². The van der Waals surface area contributed by atoms with E-state index in [9.17, 15) is 4.79 Å². The van der Waals surface area contributed by atoms with Gasteiger partial charge in [0.2, 0.25) is 11.8 Å². The van der Waals surface area contributed by atoms with Crippen molar-refractivity contribution in [1.82, 2.24) is 15.2 Å². The molecule has 0 aromatic carbocycles. The number of carbonyl (C=O) groups is 1. The minimum atomic E-state index is 0.132. The zero-order chi connectivity index (χ0) is 12.4. The minimum absolute atomic E-state index is 0.132. The first kappa shape index (κ1) is 12.1. The highest BCUT2D eigenvalue weighted by atomic mass is 16.4. The Bertz CT molecular complexity index is 390. The lowest BCUT2D eigenvalue weighted by Crippen LogP contribution is -2.36. The number of hydrogen-bond donors (Lipinski definition) is 1. The van der Waals surface area contributed by atoms with Crippen molar-refractivity contribution in [2.45, 2.75) is 39.3 Å². The predicted octanol–water partition coefficient (Wildman–Crippen LogP) is 1.00. The third-order valence-corrected chi connectivity index (χ3v) is 3.11. The standard InChI is InChI=1S/C12H19N3O2/c1-8-9(2)17-11(14-8)6-13-7-12(16)15(3)10-4-5-10/h10,13H,4-7H2,1-3H3. The van der Waals surface area contributed by atoms with E-state index >= 15 is 0 Å². The Balaban J connectivity index is 1.73. The van der Waals surface area contributed by atoms with Crippen molar-refractivity contribution < 1.29 is 9.21 Å². The monoisotopic (exact) mass is 237 g/mol. The highest BCUT2D eigenvalue weighted by Crippen LogP contribution is 2.25. The van der Waals surface area contributed by atoms with Gasteiger partial charge in [0.1, 0.15) is 5.76 Å². The molecular weight excluding hydrogens is 218 g/mol. The summed E-state index contributed by atoms with van der Waals surface area (Å²) in [6.45, 7) is 4.64. The zero-order valence-electron chi connectivity index (χ0n) is 10.6. The van der Waals surface area contributed by atoms with Crippen LogP contribution in [0.25, 0.3) is 0 Å². The number of nitrogens with one attached hydrogen (secondary N) is 1. The van der Waals surface area contributed by atoms with E-state index in [-0.39, 0.29) is 5.91 Å². The molecule has 1 N–H and O–H groups in total. The summed E-state index contributed by atoms with van der Waals surface area (Å²) in [5.41, 5.74) is 0.906. The van der Waals surface area contributed by atoms with Crippen LogP contribution in [0.4, 0.5) is 0 Å². The van der Waals surface area contributed by atoms with Crippen LogP contribution in [-0.4, -0.2) is 35.4 Å². The van der Waals surface area contributed by atoms with Crippen LogP contribution in [0.3, 0.4) is 0 Å². The number of rotatable bonds is 5. The van der Waals surface area contributed by atoms with Crippen LogP contribution in [0.15, 0.2) is 4.42 Å². The number of nitrogens with zero attached hydrogens (tertiary/aromatic N) is 2. The molecule has 0 bridgehead atoms. The first-order valence-electron chi connectivity index (χ1n) is 5.97. The van der Waals surface area contributed by atoms with E-state index in [4.69, 9.17) is 4.42 Å². The summed E-state index contributed by atoms with van der Waals surface area (Å²) in [5, 5.41) is 3.06. The van der Waals surface area contributed by atoms with Gasteiger partial charge in [0, 0.05) is 13.1 Å². The molecule has 1 aliphatic carbocycles. The van der Waals surface area contributed by atoms with Crippen molar-refractivity contribution in [3.63, 3.8) is 0 Å². The highest BCUT2D eigenvalue weighted by Gasteiger charge is 2.29. The largest absolute Gasteiger partial charge is 0.444 e. The number of hydrogen-bond acceptors (Lipinski definition) is 4. The zero-order valence-corrected chi connectivity index (χ0v) is 10.6. The second-order valence-corrected chi connectivity index (χ2v) is 4.59. The van der Waals surface area contributed by atoms with Gasteiger partial charge in [0.05, 0.1) is 18.8 Å². The average molecular weight is 237 g/mol. The molecule has 1 aromatic rings. The maximum Gasteiger partial charge on any atom is 0.236 e. The van der Waals surface area contributed by atoms with Gasteiger partial charge in [-0.3, -0.25) is 10.1 Å². The summed E-state index contributed by atoms with van der Waals surface area (Å²) in [6, 6.07) is 0.468. The Morgan fingerprint density at radius 1 is 1.53 bits per heavy atom. The molecule has 0 aliphatic heterocycles. The quantitative estimate of drug-likeness (QED) is 0.830.